The van der Waals surface area contributed by atoms with E-state index in [1.807, 2.05) is 32.0 Å². The summed E-state index contributed by atoms with van der Waals surface area (Å²) >= 11 is 0. The summed E-state index contributed by atoms with van der Waals surface area (Å²) in [5.74, 6) is 1.41. The predicted molar refractivity (Wildman–Crippen MR) is 83.9 cm³/mol. The van der Waals surface area contributed by atoms with E-state index in [1.54, 1.807) is 14.2 Å². The van der Waals surface area contributed by atoms with Crippen molar-refractivity contribution in [2.45, 2.75) is 39.3 Å². The number of carbonyl (C=O) groups is 1. The van der Waals surface area contributed by atoms with Gasteiger partial charge in [-0.05, 0) is 38.0 Å². The maximum absolute atomic E-state index is 11.8. The molecule has 0 aliphatic rings. The highest BCUT2D eigenvalue weighted by Crippen LogP contribution is 2.30. The predicted octanol–water partition coefficient (Wildman–Crippen LogP) is 2.27. The first-order valence-electron chi connectivity index (χ1n) is 7.32. The molecule has 0 aliphatic heterocycles. The third-order valence-electron chi connectivity index (χ3n) is 3.41. The summed E-state index contributed by atoms with van der Waals surface area (Å²) in [6.45, 7) is 6.50. The molecule has 5 heteroatoms. The van der Waals surface area contributed by atoms with Crippen LogP contribution in [0.2, 0.25) is 0 Å². The van der Waals surface area contributed by atoms with Crippen LogP contribution in [0.5, 0.6) is 11.5 Å². The number of ether oxygens (including phenoxy) is 2. The van der Waals surface area contributed by atoms with Gasteiger partial charge in [-0.1, -0.05) is 13.0 Å². The smallest absolute Gasteiger partial charge is 0.236 e. The van der Waals surface area contributed by atoms with Crippen molar-refractivity contribution in [1.29, 1.82) is 0 Å². The normalized spacial score (nSPS) is 13.4. The lowest BCUT2D eigenvalue weighted by Gasteiger charge is -2.23. The molecule has 0 bridgehead atoms. The lowest BCUT2D eigenvalue weighted by molar-refractivity contribution is -0.122. The Kier molecular flexibility index (Phi) is 7.02. The summed E-state index contributed by atoms with van der Waals surface area (Å²) < 4.78 is 10.6. The van der Waals surface area contributed by atoms with E-state index in [0.29, 0.717) is 18.0 Å². The first-order chi connectivity index (χ1) is 10.1. The standard InChI is InChI=1S/C16H26N2O3/c1-6-13(18-11(3)16(19)17-7-2)12-8-9-14(20-4)15(10-12)21-5/h8-11,13,18H,6-7H2,1-5H3,(H,17,19). The van der Waals surface area contributed by atoms with E-state index < -0.39 is 0 Å². The van der Waals surface area contributed by atoms with Gasteiger partial charge in [0.15, 0.2) is 11.5 Å². The van der Waals surface area contributed by atoms with Crippen molar-refractivity contribution < 1.29 is 14.3 Å². The molecule has 0 aliphatic carbocycles. The summed E-state index contributed by atoms with van der Waals surface area (Å²) in [4.78, 5) is 11.8. The average molecular weight is 294 g/mol. The number of methoxy groups -OCH3 is 2. The fraction of sp³-hybridized carbons (Fsp3) is 0.562. The van der Waals surface area contributed by atoms with Gasteiger partial charge in [0.2, 0.25) is 5.91 Å². The van der Waals surface area contributed by atoms with Crippen LogP contribution >= 0.6 is 0 Å². The van der Waals surface area contributed by atoms with E-state index >= 15 is 0 Å². The van der Waals surface area contributed by atoms with Gasteiger partial charge in [0.1, 0.15) is 0 Å². The van der Waals surface area contributed by atoms with Gasteiger partial charge in [0.25, 0.3) is 0 Å². The second-order valence-corrected chi connectivity index (χ2v) is 4.86. The first-order valence-corrected chi connectivity index (χ1v) is 7.32. The fourth-order valence-electron chi connectivity index (χ4n) is 2.22. The van der Waals surface area contributed by atoms with Crippen molar-refractivity contribution in [3.8, 4) is 11.5 Å². The molecule has 1 aromatic carbocycles. The molecule has 1 aromatic rings. The average Bonchev–Trinajstić information content (AvgIpc) is 2.51. The molecule has 0 fully saturated rings. The molecule has 2 atom stereocenters. The first kappa shape index (κ1) is 17.3. The van der Waals surface area contributed by atoms with Crippen molar-refractivity contribution in [1.82, 2.24) is 10.6 Å². The quantitative estimate of drug-likeness (QED) is 0.772. The Bertz CT molecular complexity index is 463. The molecule has 0 saturated carbocycles. The molecular weight excluding hydrogens is 268 g/mol. The minimum atomic E-state index is -0.247. The largest absolute Gasteiger partial charge is 0.493 e. The number of rotatable bonds is 8. The summed E-state index contributed by atoms with van der Waals surface area (Å²) in [6, 6.07) is 5.66. The van der Waals surface area contributed by atoms with Crippen LogP contribution in [-0.2, 0) is 4.79 Å². The van der Waals surface area contributed by atoms with Crippen LogP contribution in [0, 0.1) is 0 Å². The highest BCUT2D eigenvalue weighted by molar-refractivity contribution is 5.81. The van der Waals surface area contributed by atoms with Crippen LogP contribution in [0.3, 0.4) is 0 Å². The van der Waals surface area contributed by atoms with Gasteiger partial charge >= 0.3 is 0 Å². The highest BCUT2D eigenvalue weighted by Gasteiger charge is 2.18. The number of amides is 1. The Labute approximate surface area is 127 Å². The van der Waals surface area contributed by atoms with E-state index in [9.17, 15) is 4.79 Å². The van der Waals surface area contributed by atoms with E-state index in [4.69, 9.17) is 9.47 Å². The second kappa shape index (κ2) is 8.52. The Hall–Kier alpha value is -1.75. The van der Waals surface area contributed by atoms with Crippen LogP contribution in [0.25, 0.3) is 0 Å². The maximum Gasteiger partial charge on any atom is 0.236 e. The van der Waals surface area contributed by atoms with Crippen molar-refractivity contribution in [3.63, 3.8) is 0 Å². The molecule has 1 rings (SSSR count). The van der Waals surface area contributed by atoms with Gasteiger partial charge in [0.05, 0.1) is 20.3 Å². The molecule has 118 valence electrons. The number of benzene rings is 1. The summed E-state index contributed by atoms with van der Waals surface area (Å²) in [6.07, 6.45) is 0.874. The van der Waals surface area contributed by atoms with Crippen molar-refractivity contribution in [2.24, 2.45) is 0 Å². The second-order valence-electron chi connectivity index (χ2n) is 4.86. The lowest BCUT2D eigenvalue weighted by atomic mass is 10.0. The Morgan fingerprint density at radius 2 is 1.86 bits per heavy atom. The monoisotopic (exact) mass is 294 g/mol. The van der Waals surface area contributed by atoms with Crippen molar-refractivity contribution >= 4 is 5.91 Å². The molecule has 0 radical (unpaired) electrons. The molecule has 0 heterocycles. The van der Waals surface area contributed by atoms with Gasteiger partial charge in [-0.15, -0.1) is 0 Å². The Morgan fingerprint density at radius 1 is 1.19 bits per heavy atom. The zero-order valence-electron chi connectivity index (χ0n) is 13.5. The molecule has 0 saturated heterocycles. The third kappa shape index (κ3) is 4.63. The molecule has 21 heavy (non-hydrogen) atoms. The number of hydrogen-bond donors (Lipinski definition) is 2. The van der Waals surface area contributed by atoms with Crippen LogP contribution < -0.4 is 20.1 Å². The highest BCUT2D eigenvalue weighted by atomic mass is 16.5. The Balaban J connectivity index is 2.87. The number of nitrogens with one attached hydrogen (secondary N) is 2. The lowest BCUT2D eigenvalue weighted by Crippen LogP contribution is -2.43. The summed E-state index contributed by atoms with van der Waals surface area (Å²) in [7, 11) is 3.23. The van der Waals surface area contributed by atoms with Crippen LogP contribution in [0.4, 0.5) is 0 Å². The molecule has 0 aromatic heterocycles. The third-order valence-corrected chi connectivity index (χ3v) is 3.41. The van der Waals surface area contributed by atoms with E-state index in [-0.39, 0.29) is 18.0 Å². The van der Waals surface area contributed by atoms with Crippen LogP contribution in [-0.4, -0.2) is 32.7 Å². The maximum atomic E-state index is 11.8. The molecule has 0 spiro atoms. The van der Waals surface area contributed by atoms with E-state index in [2.05, 4.69) is 17.6 Å². The number of likely N-dealkylation sites (N-methyl/N-ethyl adjacent to an activating group) is 1. The number of hydrogen-bond acceptors (Lipinski definition) is 4. The number of carbonyl (C=O) groups excluding carboxylic acids is 1. The van der Waals surface area contributed by atoms with Crippen LogP contribution in [0.15, 0.2) is 18.2 Å². The van der Waals surface area contributed by atoms with E-state index in [0.717, 1.165) is 12.0 Å². The molecular formula is C16H26N2O3. The van der Waals surface area contributed by atoms with Gasteiger partial charge in [-0.25, -0.2) is 0 Å². The van der Waals surface area contributed by atoms with Crippen LogP contribution in [0.1, 0.15) is 38.8 Å². The van der Waals surface area contributed by atoms with Gasteiger partial charge in [0, 0.05) is 12.6 Å². The van der Waals surface area contributed by atoms with Gasteiger partial charge in [-0.3, -0.25) is 10.1 Å². The SMILES string of the molecule is CCNC(=O)C(C)NC(CC)c1ccc(OC)c(OC)c1. The molecule has 1 amide bonds. The summed E-state index contributed by atoms with van der Waals surface area (Å²) in [5, 5.41) is 6.17. The zero-order valence-corrected chi connectivity index (χ0v) is 13.5. The van der Waals surface area contributed by atoms with Gasteiger partial charge < -0.3 is 14.8 Å². The minimum absolute atomic E-state index is 0.0106. The Morgan fingerprint density at radius 3 is 2.38 bits per heavy atom. The van der Waals surface area contributed by atoms with Gasteiger partial charge in [-0.2, -0.15) is 0 Å². The summed E-state index contributed by atoms with van der Waals surface area (Å²) in [5.41, 5.74) is 1.08. The van der Waals surface area contributed by atoms with Crippen molar-refractivity contribution in [3.05, 3.63) is 23.8 Å². The van der Waals surface area contributed by atoms with E-state index in [1.165, 1.54) is 0 Å². The zero-order chi connectivity index (χ0) is 15.8. The molecule has 2 unspecified atom stereocenters. The molecule has 2 N–H and O–H groups in total. The topological polar surface area (TPSA) is 59.6 Å². The van der Waals surface area contributed by atoms with Crippen molar-refractivity contribution in [2.75, 3.05) is 20.8 Å². The fourth-order valence-corrected chi connectivity index (χ4v) is 2.22. The molecule has 5 nitrogen and oxygen atoms in total. The minimum Gasteiger partial charge on any atom is -0.493 e.